The second kappa shape index (κ2) is 12.2. The molecule has 0 atom stereocenters. The smallest absolute Gasteiger partial charge is 0.141 e. The van der Waals surface area contributed by atoms with Gasteiger partial charge in [0.1, 0.15) is 29.0 Å². The van der Waals surface area contributed by atoms with Crippen LogP contribution in [0.2, 0.25) is 5.02 Å². The molecule has 0 amide bonds. The summed E-state index contributed by atoms with van der Waals surface area (Å²) in [5.74, 6) is 2.69. The number of aromatic nitrogens is 2. The third-order valence-electron chi connectivity index (χ3n) is 6.07. The SMILES string of the molecule is COCCc1nc(Nc2ccc(F)c(Cl)c2)cc(N2CCN(CCc3ccccc3OC)CC2)n1. The van der Waals surface area contributed by atoms with E-state index in [9.17, 15) is 4.39 Å². The van der Waals surface area contributed by atoms with Crippen LogP contribution in [-0.4, -0.2) is 68.4 Å². The minimum Gasteiger partial charge on any atom is -0.496 e. The van der Waals surface area contributed by atoms with E-state index in [2.05, 4.69) is 32.2 Å². The fraction of sp³-hybridized carbons (Fsp3) is 0.385. The lowest BCUT2D eigenvalue weighted by molar-refractivity contribution is 0.200. The number of methoxy groups -OCH3 is 2. The highest BCUT2D eigenvalue weighted by Crippen LogP contribution is 2.25. The second-order valence-corrected chi connectivity index (χ2v) is 8.82. The zero-order chi connectivity index (χ0) is 24.6. The van der Waals surface area contributed by atoms with Gasteiger partial charge in [0.25, 0.3) is 0 Å². The molecule has 0 saturated carbocycles. The van der Waals surface area contributed by atoms with Crippen LogP contribution in [-0.2, 0) is 17.6 Å². The highest BCUT2D eigenvalue weighted by molar-refractivity contribution is 6.31. The summed E-state index contributed by atoms with van der Waals surface area (Å²) in [7, 11) is 3.38. The summed E-state index contributed by atoms with van der Waals surface area (Å²) >= 11 is 5.94. The summed E-state index contributed by atoms with van der Waals surface area (Å²) in [4.78, 5) is 14.1. The number of halogens is 2. The number of rotatable bonds is 10. The van der Waals surface area contributed by atoms with Crippen molar-refractivity contribution in [2.45, 2.75) is 12.8 Å². The summed E-state index contributed by atoms with van der Waals surface area (Å²) < 4.78 is 24.3. The van der Waals surface area contributed by atoms with Crippen molar-refractivity contribution in [2.24, 2.45) is 0 Å². The summed E-state index contributed by atoms with van der Waals surface area (Å²) in [5.41, 5.74) is 1.90. The molecule has 35 heavy (non-hydrogen) atoms. The van der Waals surface area contributed by atoms with E-state index in [1.807, 2.05) is 18.2 Å². The van der Waals surface area contributed by atoms with Gasteiger partial charge in [0.2, 0.25) is 0 Å². The van der Waals surface area contributed by atoms with E-state index in [1.54, 1.807) is 26.4 Å². The number of hydrogen-bond donors (Lipinski definition) is 1. The molecule has 1 fully saturated rings. The maximum absolute atomic E-state index is 13.6. The van der Waals surface area contributed by atoms with Crippen molar-refractivity contribution in [1.29, 1.82) is 0 Å². The Morgan fingerprint density at radius 2 is 1.80 bits per heavy atom. The Kier molecular flexibility index (Phi) is 8.74. The Labute approximate surface area is 210 Å². The first-order valence-corrected chi connectivity index (χ1v) is 12.1. The molecule has 1 aromatic heterocycles. The van der Waals surface area contributed by atoms with Crippen LogP contribution in [0, 0.1) is 5.82 Å². The minimum absolute atomic E-state index is 0.0631. The van der Waals surface area contributed by atoms with Crippen LogP contribution in [0.25, 0.3) is 0 Å². The molecule has 9 heteroatoms. The molecule has 0 radical (unpaired) electrons. The molecule has 2 heterocycles. The molecule has 4 rings (SSSR count). The topological polar surface area (TPSA) is 62.8 Å². The van der Waals surface area contributed by atoms with Crippen LogP contribution in [0.5, 0.6) is 5.75 Å². The molecular formula is C26H31ClFN5O2. The van der Waals surface area contributed by atoms with Gasteiger partial charge < -0.3 is 19.7 Å². The Balaban J connectivity index is 1.41. The van der Waals surface area contributed by atoms with Crippen molar-refractivity contribution in [3.63, 3.8) is 0 Å². The predicted octanol–water partition coefficient (Wildman–Crippen LogP) is 4.57. The van der Waals surface area contributed by atoms with Crippen LogP contribution in [0.1, 0.15) is 11.4 Å². The van der Waals surface area contributed by atoms with Crippen molar-refractivity contribution in [3.8, 4) is 5.75 Å². The first kappa shape index (κ1) is 25.2. The Morgan fingerprint density at radius 1 is 1.00 bits per heavy atom. The van der Waals surface area contributed by atoms with Gasteiger partial charge in [0.05, 0.1) is 18.7 Å². The lowest BCUT2D eigenvalue weighted by atomic mass is 10.1. The molecular weight excluding hydrogens is 469 g/mol. The Hall–Kier alpha value is -2.94. The van der Waals surface area contributed by atoms with Crippen LogP contribution >= 0.6 is 11.6 Å². The van der Waals surface area contributed by atoms with Crippen LogP contribution in [0.3, 0.4) is 0 Å². The van der Waals surface area contributed by atoms with Gasteiger partial charge in [-0.3, -0.25) is 4.90 Å². The summed E-state index contributed by atoms with van der Waals surface area (Å²) in [5, 5.41) is 3.30. The molecule has 1 aliphatic heterocycles. The average Bonchev–Trinajstić information content (AvgIpc) is 2.88. The van der Waals surface area contributed by atoms with Gasteiger partial charge in [-0.15, -0.1) is 0 Å². The normalized spacial score (nSPS) is 14.2. The molecule has 0 bridgehead atoms. The Morgan fingerprint density at radius 3 is 2.54 bits per heavy atom. The monoisotopic (exact) mass is 499 g/mol. The van der Waals surface area contributed by atoms with Gasteiger partial charge >= 0.3 is 0 Å². The standard InChI is InChI=1S/C26H31ClFN5O2/c1-34-16-10-24-30-25(29-20-7-8-22(28)21(27)17-20)18-26(31-24)33-14-12-32(13-15-33)11-9-19-5-3-4-6-23(19)35-2/h3-8,17-18H,9-16H2,1-2H3,(H,29,30,31). The van der Waals surface area contributed by atoms with Crippen molar-refractivity contribution >= 4 is 28.9 Å². The number of para-hydroxylation sites is 1. The molecule has 1 aliphatic rings. The number of nitrogens with one attached hydrogen (secondary N) is 1. The first-order valence-electron chi connectivity index (χ1n) is 11.7. The lowest BCUT2D eigenvalue weighted by Gasteiger charge is -2.35. The minimum atomic E-state index is -0.454. The van der Waals surface area contributed by atoms with Gasteiger partial charge in [0, 0.05) is 58.0 Å². The highest BCUT2D eigenvalue weighted by Gasteiger charge is 2.20. The molecule has 0 unspecified atom stereocenters. The number of benzene rings is 2. The largest absolute Gasteiger partial charge is 0.496 e. The Bertz CT molecular complexity index is 1120. The molecule has 7 nitrogen and oxygen atoms in total. The van der Waals surface area contributed by atoms with Gasteiger partial charge in [-0.2, -0.15) is 0 Å². The highest BCUT2D eigenvalue weighted by atomic mass is 35.5. The summed E-state index contributed by atoms with van der Waals surface area (Å²) in [6.07, 6.45) is 1.55. The zero-order valence-electron chi connectivity index (χ0n) is 20.1. The molecule has 2 aromatic carbocycles. The van der Waals surface area contributed by atoms with E-state index in [-0.39, 0.29) is 5.02 Å². The quantitative estimate of drug-likeness (QED) is 0.438. The molecule has 1 saturated heterocycles. The van der Waals surface area contributed by atoms with Crippen LogP contribution in [0.15, 0.2) is 48.5 Å². The van der Waals surface area contributed by atoms with Crippen LogP contribution in [0.4, 0.5) is 21.7 Å². The lowest BCUT2D eigenvalue weighted by Crippen LogP contribution is -2.47. The first-order chi connectivity index (χ1) is 17.1. The molecule has 1 N–H and O–H groups in total. The van der Waals surface area contributed by atoms with Gasteiger partial charge in [-0.1, -0.05) is 29.8 Å². The van der Waals surface area contributed by atoms with E-state index >= 15 is 0 Å². The molecule has 186 valence electrons. The second-order valence-electron chi connectivity index (χ2n) is 8.41. The predicted molar refractivity (Wildman–Crippen MR) is 138 cm³/mol. The van der Waals surface area contributed by atoms with E-state index < -0.39 is 5.82 Å². The van der Waals surface area contributed by atoms with E-state index in [0.717, 1.165) is 50.7 Å². The third-order valence-corrected chi connectivity index (χ3v) is 6.36. The average molecular weight is 500 g/mol. The van der Waals surface area contributed by atoms with Crippen molar-refractivity contribution < 1.29 is 13.9 Å². The number of nitrogens with zero attached hydrogens (tertiary/aromatic N) is 4. The van der Waals surface area contributed by atoms with Crippen LogP contribution < -0.4 is 15.0 Å². The van der Waals surface area contributed by atoms with E-state index in [0.29, 0.717) is 30.4 Å². The van der Waals surface area contributed by atoms with Gasteiger partial charge in [-0.05, 0) is 36.2 Å². The molecule has 0 spiro atoms. The van der Waals surface area contributed by atoms with Gasteiger partial charge in [0.15, 0.2) is 0 Å². The maximum atomic E-state index is 13.6. The number of piperazine rings is 1. The fourth-order valence-electron chi connectivity index (χ4n) is 4.12. The van der Waals surface area contributed by atoms with Gasteiger partial charge in [-0.25, -0.2) is 14.4 Å². The van der Waals surface area contributed by atoms with E-state index in [4.69, 9.17) is 26.1 Å². The number of hydrogen-bond acceptors (Lipinski definition) is 7. The summed E-state index contributed by atoms with van der Waals surface area (Å²) in [6, 6.07) is 14.6. The van der Waals surface area contributed by atoms with Crippen molar-refractivity contribution in [2.75, 3.05) is 63.8 Å². The number of anilines is 3. The third kappa shape index (κ3) is 6.81. The zero-order valence-corrected chi connectivity index (χ0v) is 20.9. The molecule has 0 aliphatic carbocycles. The van der Waals surface area contributed by atoms with Crippen molar-refractivity contribution in [3.05, 3.63) is 70.8 Å². The van der Waals surface area contributed by atoms with Crippen molar-refractivity contribution in [1.82, 2.24) is 14.9 Å². The van der Waals surface area contributed by atoms with E-state index in [1.165, 1.54) is 11.6 Å². The summed E-state index contributed by atoms with van der Waals surface area (Å²) in [6.45, 7) is 5.14. The fourth-order valence-corrected chi connectivity index (χ4v) is 4.31. The number of ether oxygens (including phenoxy) is 2. The molecule has 3 aromatic rings. The maximum Gasteiger partial charge on any atom is 0.141 e.